The molecule has 0 bridgehead atoms. The Morgan fingerprint density at radius 3 is 1.69 bits per heavy atom. The third-order valence-electron chi connectivity index (χ3n) is 1.32. The Morgan fingerprint density at radius 2 is 1.46 bits per heavy atom. The van der Waals surface area contributed by atoms with Crippen LogP contribution < -0.4 is 0 Å². The van der Waals surface area contributed by atoms with Gasteiger partial charge in [0.25, 0.3) is 0 Å². The second-order valence-electron chi connectivity index (χ2n) is 4.17. The molecule has 0 N–H and O–H groups in total. The van der Waals surface area contributed by atoms with E-state index in [0.717, 1.165) is 0 Å². The van der Waals surface area contributed by atoms with Gasteiger partial charge in [0.05, 0.1) is 0 Å². The van der Waals surface area contributed by atoms with E-state index in [9.17, 15) is 4.57 Å². The predicted octanol–water partition coefficient (Wildman–Crippen LogP) is 3.13. The normalized spacial score (nSPS) is 13.3. The van der Waals surface area contributed by atoms with Gasteiger partial charge in [-0.25, -0.2) is 0 Å². The molecular formula is C8H21O3PSn. The van der Waals surface area contributed by atoms with Gasteiger partial charge in [-0.05, 0) is 0 Å². The Bertz CT molecular complexity index is 178. The molecule has 0 aliphatic heterocycles. The quantitative estimate of drug-likeness (QED) is 0.558. The van der Waals surface area contributed by atoms with E-state index in [1.165, 1.54) is 0 Å². The monoisotopic (exact) mass is 316 g/mol. The van der Waals surface area contributed by atoms with Crippen LogP contribution in [0.1, 0.15) is 13.8 Å². The van der Waals surface area contributed by atoms with Crippen molar-refractivity contribution in [3.05, 3.63) is 0 Å². The molecule has 0 aromatic heterocycles. The van der Waals surface area contributed by atoms with Crippen LogP contribution in [0.3, 0.4) is 0 Å². The van der Waals surface area contributed by atoms with Crippen molar-refractivity contribution < 1.29 is 13.6 Å². The zero-order chi connectivity index (χ0) is 10.5. The van der Waals surface area contributed by atoms with E-state index in [1.807, 2.05) is 13.8 Å². The van der Waals surface area contributed by atoms with Crippen LogP contribution in [0.4, 0.5) is 0 Å². The van der Waals surface area contributed by atoms with Gasteiger partial charge < -0.3 is 0 Å². The molecule has 0 aromatic carbocycles. The molecular weight excluding hydrogens is 294 g/mol. The van der Waals surface area contributed by atoms with Gasteiger partial charge in [-0.1, -0.05) is 0 Å². The fourth-order valence-electron chi connectivity index (χ4n) is 1.10. The molecule has 0 rings (SSSR count). The van der Waals surface area contributed by atoms with Crippen molar-refractivity contribution in [1.29, 1.82) is 0 Å². The summed E-state index contributed by atoms with van der Waals surface area (Å²) in [7, 11) is -2.75. The molecule has 0 saturated carbocycles. The van der Waals surface area contributed by atoms with Crippen LogP contribution in [0.5, 0.6) is 0 Å². The Morgan fingerprint density at radius 1 is 1.08 bits per heavy atom. The van der Waals surface area contributed by atoms with E-state index in [2.05, 4.69) is 14.8 Å². The first kappa shape index (κ1) is 13.9. The fraction of sp³-hybridized carbons (Fsp3) is 1.00. The van der Waals surface area contributed by atoms with Crippen molar-refractivity contribution in [2.45, 2.75) is 28.7 Å². The average Bonchev–Trinajstić information content (AvgIpc) is 1.82. The van der Waals surface area contributed by atoms with E-state index in [1.54, 1.807) is 0 Å². The minimum atomic E-state index is -2.75. The van der Waals surface area contributed by atoms with Crippen molar-refractivity contribution in [2.24, 2.45) is 0 Å². The van der Waals surface area contributed by atoms with Crippen LogP contribution in [0, 0.1) is 0 Å². The van der Waals surface area contributed by atoms with E-state index >= 15 is 0 Å². The van der Waals surface area contributed by atoms with Gasteiger partial charge in [0, 0.05) is 0 Å². The number of hydrogen-bond donors (Lipinski definition) is 0. The summed E-state index contributed by atoms with van der Waals surface area (Å²) >= 11 is -2.07. The molecule has 0 fully saturated rings. The Hall–Kier alpha value is 0.949. The van der Waals surface area contributed by atoms with Crippen LogP contribution in [0.2, 0.25) is 14.8 Å². The molecule has 5 heteroatoms. The standard InChI is InChI=1S/C5H12O3P.3CH3.Sn/c1-4-7-9(3,6)8-5-2;;;;/h3-5H2,1-2H3;3*1H3;. The zero-order valence-corrected chi connectivity index (χ0v) is 13.0. The zero-order valence-electron chi connectivity index (χ0n) is 9.29. The van der Waals surface area contributed by atoms with Gasteiger partial charge in [0.2, 0.25) is 0 Å². The van der Waals surface area contributed by atoms with Crippen molar-refractivity contribution in [3.8, 4) is 0 Å². The van der Waals surface area contributed by atoms with Crippen LogP contribution >= 0.6 is 7.60 Å². The molecule has 13 heavy (non-hydrogen) atoms. The van der Waals surface area contributed by atoms with E-state index < -0.39 is 26.0 Å². The molecule has 0 aliphatic rings. The maximum atomic E-state index is 12.0. The molecule has 0 saturated heterocycles. The van der Waals surface area contributed by atoms with Crippen LogP contribution in [0.25, 0.3) is 0 Å². The van der Waals surface area contributed by atoms with E-state index in [4.69, 9.17) is 9.05 Å². The van der Waals surface area contributed by atoms with Gasteiger partial charge in [0.1, 0.15) is 0 Å². The van der Waals surface area contributed by atoms with Crippen LogP contribution in [0.15, 0.2) is 0 Å². The van der Waals surface area contributed by atoms with Crippen molar-refractivity contribution >= 4 is 26.0 Å². The first-order valence-electron chi connectivity index (χ1n) is 4.71. The summed E-state index contributed by atoms with van der Waals surface area (Å²) in [6.45, 7) is 4.64. The molecule has 0 spiro atoms. The first-order valence-corrected chi connectivity index (χ1v) is 17.0. The second kappa shape index (κ2) is 5.74. The summed E-state index contributed by atoms with van der Waals surface area (Å²) in [5.41, 5.74) is 0. The average molecular weight is 315 g/mol. The molecule has 0 atom stereocenters. The van der Waals surface area contributed by atoms with Gasteiger partial charge in [-0.3, -0.25) is 0 Å². The molecule has 80 valence electrons. The third-order valence-corrected chi connectivity index (χ3v) is 15.4. The molecule has 3 nitrogen and oxygen atoms in total. The molecule has 0 heterocycles. The third kappa shape index (κ3) is 6.95. The maximum absolute atomic E-state index is 12.0. The van der Waals surface area contributed by atoms with E-state index in [-0.39, 0.29) is 0 Å². The van der Waals surface area contributed by atoms with Gasteiger partial charge in [0.15, 0.2) is 0 Å². The fourth-order valence-corrected chi connectivity index (χ4v) is 14.8. The minimum absolute atomic E-state index is 0.471. The number of rotatable bonds is 6. The van der Waals surface area contributed by atoms with Gasteiger partial charge in [-0.15, -0.1) is 0 Å². The number of hydrogen-bond acceptors (Lipinski definition) is 3. The molecule has 0 aromatic rings. The molecule has 0 amide bonds. The topological polar surface area (TPSA) is 35.5 Å². The Kier molecular flexibility index (Phi) is 6.16. The van der Waals surface area contributed by atoms with Crippen LogP contribution in [-0.2, 0) is 13.6 Å². The predicted molar refractivity (Wildman–Crippen MR) is 59.1 cm³/mol. The molecule has 0 aliphatic carbocycles. The first-order chi connectivity index (χ1) is 5.83. The van der Waals surface area contributed by atoms with Crippen LogP contribution in [-0.4, -0.2) is 35.8 Å². The van der Waals surface area contributed by atoms with Crippen molar-refractivity contribution in [3.63, 3.8) is 0 Å². The van der Waals surface area contributed by atoms with Crippen molar-refractivity contribution in [2.75, 3.05) is 17.4 Å². The summed E-state index contributed by atoms with van der Waals surface area (Å²) in [4.78, 5) is 6.71. The summed E-state index contributed by atoms with van der Waals surface area (Å²) in [5.74, 6) is 0. The Balaban J connectivity index is 4.33. The summed E-state index contributed by atoms with van der Waals surface area (Å²) in [6, 6.07) is 0. The van der Waals surface area contributed by atoms with E-state index in [0.29, 0.717) is 17.4 Å². The summed E-state index contributed by atoms with van der Waals surface area (Å²) in [6.07, 6.45) is 0. The second-order valence-corrected chi connectivity index (χ2v) is 23.5. The molecule has 0 unspecified atom stereocenters. The SMILES string of the molecule is CCOP(=O)([CH2][Sn]([CH3])([CH3])[CH3])OCC. The molecule has 0 radical (unpaired) electrons. The van der Waals surface area contributed by atoms with Crippen molar-refractivity contribution in [1.82, 2.24) is 0 Å². The van der Waals surface area contributed by atoms with Gasteiger partial charge >= 0.3 is 85.6 Å². The summed E-state index contributed by atoms with van der Waals surface area (Å²) < 4.78 is 23.2. The summed E-state index contributed by atoms with van der Waals surface area (Å²) in [5, 5.41) is 0. The van der Waals surface area contributed by atoms with Gasteiger partial charge in [-0.2, -0.15) is 0 Å². The Labute approximate surface area is 85.6 Å².